The molecule has 0 saturated carbocycles. The van der Waals surface area contributed by atoms with Gasteiger partial charge in [-0.25, -0.2) is 4.39 Å². The SMILES string of the molecule is COc1cnccc1C(=O)Nc1ccc(N)c(F)c1. The second-order valence-electron chi connectivity index (χ2n) is 3.77. The Morgan fingerprint density at radius 3 is 2.89 bits per heavy atom. The minimum absolute atomic E-state index is 0.0273. The van der Waals surface area contributed by atoms with Crippen LogP contribution in [0.3, 0.4) is 0 Å². The maximum atomic E-state index is 13.3. The van der Waals surface area contributed by atoms with Crippen LogP contribution in [0.25, 0.3) is 0 Å². The van der Waals surface area contributed by atoms with E-state index in [0.29, 0.717) is 17.0 Å². The van der Waals surface area contributed by atoms with E-state index in [0.717, 1.165) is 6.07 Å². The number of nitrogens with one attached hydrogen (secondary N) is 1. The standard InChI is InChI=1S/C13H12FN3O2/c1-19-12-7-16-5-4-9(12)13(18)17-8-2-3-11(15)10(14)6-8/h2-7H,15H2,1H3,(H,17,18). The number of anilines is 2. The zero-order valence-corrected chi connectivity index (χ0v) is 10.2. The summed E-state index contributed by atoms with van der Waals surface area (Å²) in [4.78, 5) is 15.9. The number of aromatic nitrogens is 1. The number of pyridine rings is 1. The molecule has 1 amide bonds. The molecule has 1 aromatic heterocycles. The Kier molecular flexibility index (Phi) is 3.61. The molecule has 0 atom stereocenters. The monoisotopic (exact) mass is 261 g/mol. The molecule has 0 saturated heterocycles. The summed E-state index contributed by atoms with van der Waals surface area (Å²) in [5.74, 6) is -0.654. The normalized spacial score (nSPS) is 10.0. The molecule has 2 aromatic rings. The molecule has 0 aliphatic heterocycles. The number of halogens is 1. The van der Waals surface area contributed by atoms with Gasteiger partial charge in [0.15, 0.2) is 0 Å². The number of carbonyl (C=O) groups excluding carboxylic acids is 1. The summed E-state index contributed by atoms with van der Waals surface area (Å²) in [6, 6.07) is 5.57. The molecule has 0 fully saturated rings. The summed E-state index contributed by atoms with van der Waals surface area (Å²) in [5.41, 5.74) is 6.02. The summed E-state index contributed by atoms with van der Waals surface area (Å²) < 4.78 is 18.3. The molecule has 0 radical (unpaired) electrons. The predicted octanol–water partition coefficient (Wildman–Crippen LogP) is 2.06. The van der Waals surface area contributed by atoms with Crippen LogP contribution in [0, 0.1) is 5.82 Å². The number of nitrogen functional groups attached to an aromatic ring is 1. The van der Waals surface area contributed by atoms with Gasteiger partial charge in [0.1, 0.15) is 11.6 Å². The first-order chi connectivity index (χ1) is 9.11. The Hall–Kier alpha value is -2.63. The largest absolute Gasteiger partial charge is 0.494 e. The molecule has 5 nitrogen and oxygen atoms in total. The Morgan fingerprint density at radius 2 is 2.21 bits per heavy atom. The van der Waals surface area contributed by atoms with Crippen molar-refractivity contribution in [2.45, 2.75) is 0 Å². The summed E-state index contributed by atoms with van der Waals surface area (Å²) in [6.45, 7) is 0. The maximum absolute atomic E-state index is 13.3. The molecule has 2 rings (SSSR count). The van der Waals surface area contributed by atoms with E-state index in [4.69, 9.17) is 10.5 Å². The molecule has 0 spiro atoms. The third-order valence-corrected chi connectivity index (χ3v) is 2.51. The molecule has 0 aliphatic carbocycles. The Morgan fingerprint density at radius 1 is 1.42 bits per heavy atom. The molecule has 19 heavy (non-hydrogen) atoms. The third kappa shape index (κ3) is 2.79. The maximum Gasteiger partial charge on any atom is 0.259 e. The van der Waals surface area contributed by atoms with E-state index < -0.39 is 11.7 Å². The van der Waals surface area contributed by atoms with Gasteiger partial charge in [-0.3, -0.25) is 9.78 Å². The van der Waals surface area contributed by atoms with Gasteiger partial charge in [-0.2, -0.15) is 0 Å². The van der Waals surface area contributed by atoms with Crippen molar-refractivity contribution in [3.63, 3.8) is 0 Å². The number of benzene rings is 1. The first-order valence-electron chi connectivity index (χ1n) is 5.46. The van der Waals surface area contributed by atoms with Gasteiger partial charge in [-0.05, 0) is 24.3 Å². The van der Waals surface area contributed by atoms with Crippen LogP contribution in [0.5, 0.6) is 5.75 Å². The zero-order chi connectivity index (χ0) is 13.8. The number of rotatable bonds is 3. The first kappa shape index (κ1) is 12.8. The summed E-state index contributed by atoms with van der Waals surface area (Å²) >= 11 is 0. The predicted molar refractivity (Wildman–Crippen MR) is 69.6 cm³/mol. The van der Waals surface area contributed by atoms with Crippen molar-refractivity contribution in [3.05, 3.63) is 48.0 Å². The van der Waals surface area contributed by atoms with E-state index in [1.54, 1.807) is 0 Å². The Balaban J connectivity index is 2.23. The van der Waals surface area contributed by atoms with Crippen molar-refractivity contribution in [2.24, 2.45) is 0 Å². The minimum Gasteiger partial charge on any atom is -0.494 e. The highest BCUT2D eigenvalue weighted by atomic mass is 19.1. The fraction of sp³-hybridized carbons (Fsp3) is 0.0769. The number of methoxy groups -OCH3 is 1. The van der Waals surface area contributed by atoms with Crippen LogP contribution in [-0.4, -0.2) is 18.0 Å². The average molecular weight is 261 g/mol. The van der Waals surface area contributed by atoms with Gasteiger partial charge in [0.05, 0.1) is 24.6 Å². The Labute approximate surface area is 109 Å². The van der Waals surface area contributed by atoms with Crippen LogP contribution < -0.4 is 15.8 Å². The summed E-state index contributed by atoms with van der Waals surface area (Å²) in [7, 11) is 1.44. The zero-order valence-electron chi connectivity index (χ0n) is 10.2. The van der Waals surface area contributed by atoms with Crippen molar-refractivity contribution in [1.82, 2.24) is 4.98 Å². The van der Waals surface area contributed by atoms with Gasteiger partial charge in [-0.1, -0.05) is 0 Å². The highest BCUT2D eigenvalue weighted by molar-refractivity contribution is 6.06. The lowest BCUT2D eigenvalue weighted by molar-refractivity contribution is 0.102. The van der Waals surface area contributed by atoms with E-state index >= 15 is 0 Å². The summed E-state index contributed by atoms with van der Waals surface area (Å²) in [5, 5.41) is 2.56. The number of amides is 1. The van der Waals surface area contributed by atoms with Crippen LogP contribution in [0.15, 0.2) is 36.7 Å². The molecule has 6 heteroatoms. The van der Waals surface area contributed by atoms with Crippen LogP contribution in [-0.2, 0) is 0 Å². The average Bonchev–Trinajstić information content (AvgIpc) is 2.43. The number of nitrogens with two attached hydrogens (primary N) is 1. The van der Waals surface area contributed by atoms with Gasteiger partial charge in [0.2, 0.25) is 0 Å². The molecular formula is C13H12FN3O2. The topological polar surface area (TPSA) is 77.2 Å². The molecule has 0 bridgehead atoms. The third-order valence-electron chi connectivity index (χ3n) is 2.51. The van der Waals surface area contributed by atoms with Crippen LogP contribution in [0.4, 0.5) is 15.8 Å². The molecular weight excluding hydrogens is 249 g/mol. The molecule has 1 heterocycles. The van der Waals surface area contributed by atoms with Crippen molar-refractivity contribution in [2.75, 3.05) is 18.2 Å². The van der Waals surface area contributed by atoms with Crippen molar-refractivity contribution in [3.8, 4) is 5.75 Å². The molecule has 3 N–H and O–H groups in total. The van der Waals surface area contributed by atoms with Gasteiger partial charge in [-0.15, -0.1) is 0 Å². The number of nitrogens with zero attached hydrogens (tertiary/aromatic N) is 1. The highest BCUT2D eigenvalue weighted by Gasteiger charge is 2.12. The van der Waals surface area contributed by atoms with Gasteiger partial charge in [0.25, 0.3) is 5.91 Å². The summed E-state index contributed by atoms with van der Waals surface area (Å²) in [6.07, 6.45) is 2.90. The quantitative estimate of drug-likeness (QED) is 0.829. The smallest absolute Gasteiger partial charge is 0.259 e. The Bertz CT molecular complexity index is 617. The van der Waals surface area contributed by atoms with Crippen molar-refractivity contribution < 1.29 is 13.9 Å². The van der Waals surface area contributed by atoms with Crippen LogP contribution >= 0.6 is 0 Å². The fourth-order valence-electron chi connectivity index (χ4n) is 1.53. The number of ether oxygens (including phenoxy) is 1. The molecule has 98 valence electrons. The highest BCUT2D eigenvalue weighted by Crippen LogP contribution is 2.20. The van der Waals surface area contributed by atoms with E-state index in [1.165, 1.54) is 37.7 Å². The van der Waals surface area contributed by atoms with E-state index in [1.807, 2.05) is 0 Å². The van der Waals surface area contributed by atoms with Gasteiger partial charge < -0.3 is 15.8 Å². The number of carbonyl (C=O) groups is 1. The molecule has 0 unspecified atom stereocenters. The lowest BCUT2D eigenvalue weighted by Gasteiger charge is -2.09. The lowest BCUT2D eigenvalue weighted by atomic mass is 10.2. The second-order valence-corrected chi connectivity index (χ2v) is 3.77. The van der Waals surface area contributed by atoms with Crippen LogP contribution in [0.1, 0.15) is 10.4 Å². The first-order valence-corrected chi connectivity index (χ1v) is 5.46. The number of hydrogen-bond donors (Lipinski definition) is 2. The fourth-order valence-corrected chi connectivity index (χ4v) is 1.53. The second kappa shape index (κ2) is 5.34. The molecule has 0 aliphatic rings. The lowest BCUT2D eigenvalue weighted by Crippen LogP contribution is -2.13. The van der Waals surface area contributed by atoms with E-state index in [2.05, 4.69) is 10.3 Å². The number of hydrogen-bond acceptors (Lipinski definition) is 4. The van der Waals surface area contributed by atoms with Gasteiger partial charge >= 0.3 is 0 Å². The van der Waals surface area contributed by atoms with Gasteiger partial charge in [0, 0.05) is 11.9 Å². The van der Waals surface area contributed by atoms with Crippen molar-refractivity contribution in [1.29, 1.82) is 0 Å². The minimum atomic E-state index is -0.584. The van der Waals surface area contributed by atoms with E-state index in [9.17, 15) is 9.18 Å². The van der Waals surface area contributed by atoms with Crippen LogP contribution in [0.2, 0.25) is 0 Å². The van der Waals surface area contributed by atoms with Crippen molar-refractivity contribution >= 4 is 17.3 Å². The molecule has 1 aromatic carbocycles. The van der Waals surface area contributed by atoms with E-state index in [-0.39, 0.29) is 5.69 Å².